The lowest BCUT2D eigenvalue weighted by Gasteiger charge is -2.12. The summed E-state index contributed by atoms with van der Waals surface area (Å²) >= 11 is 9.58. The predicted molar refractivity (Wildman–Crippen MR) is 114 cm³/mol. The van der Waals surface area contributed by atoms with E-state index in [2.05, 4.69) is 31.7 Å². The summed E-state index contributed by atoms with van der Waals surface area (Å²) in [5.41, 5.74) is 3.91. The van der Waals surface area contributed by atoms with Gasteiger partial charge in [0.2, 0.25) is 5.91 Å². The number of halogens is 2. The number of rotatable bonds is 4. The van der Waals surface area contributed by atoms with E-state index in [-0.39, 0.29) is 11.8 Å². The van der Waals surface area contributed by atoms with Crippen molar-refractivity contribution in [3.63, 3.8) is 0 Å². The molecule has 0 aliphatic heterocycles. The van der Waals surface area contributed by atoms with Crippen LogP contribution < -0.4 is 10.6 Å². The first-order valence-corrected chi connectivity index (χ1v) is 9.64. The molecule has 2 N–H and O–H groups in total. The number of hydrogen-bond acceptors (Lipinski definition) is 3. The molecular formula is C20H18BrClN4O2. The highest BCUT2D eigenvalue weighted by molar-refractivity contribution is 9.10. The lowest BCUT2D eigenvalue weighted by molar-refractivity contribution is -0.114. The number of carbonyl (C=O) groups is 2. The van der Waals surface area contributed by atoms with Gasteiger partial charge in [0, 0.05) is 17.0 Å². The molecule has 2 aromatic carbocycles. The second kappa shape index (κ2) is 8.16. The zero-order valence-electron chi connectivity index (χ0n) is 15.5. The fraction of sp³-hybridized carbons (Fsp3) is 0.150. The third kappa shape index (κ3) is 4.26. The smallest absolute Gasteiger partial charge is 0.255 e. The highest BCUT2D eigenvalue weighted by Gasteiger charge is 2.13. The minimum absolute atomic E-state index is 0.217. The molecule has 6 nitrogen and oxygen atoms in total. The van der Waals surface area contributed by atoms with Gasteiger partial charge in [0.1, 0.15) is 0 Å². The van der Waals surface area contributed by atoms with Gasteiger partial charge in [-0.2, -0.15) is 5.10 Å². The molecule has 3 rings (SSSR count). The Balaban J connectivity index is 1.83. The van der Waals surface area contributed by atoms with E-state index in [0.29, 0.717) is 22.0 Å². The number of nitrogens with one attached hydrogen (secondary N) is 2. The standard InChI is InChI=1S/C20H18BrClN4O2/c1-11-19(22)12(2)26(25-11)16-7-4-14(5-8-16)20(28)24-18-10-15(21)6-9-17(18)23-13(3)27/h4-10H,1-3H3,(H,23,27)(H,24,28). The van der Waals surface area contributed by atoms with Crippen molar-refractivity contribution in [1.29, 1.82) is 0 Å². The van der Waals surface area contributed by atoms with Crippen LogP contribution in [0.15, 0.2) is 46.9 Å². The molecule has 0 spiro atoms. The van der Waals surface area contributed by atoms with Crippen molar-refractivity contribution in [2.45, 2.75) is 20.8 Å². The third-order valence-corrected chi connectivity index (χ3v) is 5.16. The van der Waals surface area contributed by atoms with Crippen LogP contribution in [0, 0.1) is 13.8 Å². The van der Waals surface area contributed by atoms with Crippen LogP contribution >= 0.6 is 27.5 Å². The molecule has 0 bridgehead atoms. The van der Waals surface area contributed by atoms with E-state index in [9.17, 15) is 9.59 Å². The third-order valence-electron chi connectivity index (χ3n) is 4.12. The molecule has 0 saturated carbocycles. The van der Waals surface area contributed by atoms with E-state index < -0.39 is 0 Å². The number of benzene rings is 2. The average molecular weight is 462 g/mol. The van der Waals surface area contributed by atoms with E-state index in [1.54, 1.807) is 47.1 Å². The Labute approximate surface area is 176 Å². The zero-order chi connectivity index (χ0) is 20.4. The number of aryl methyl sites for hydroxylation is 1. The Morgan fingerprint density at radius 2 is 1.71 bits per heavy atom. The maximum Gasteiger partial charge on any atom is 0.255 e. The second-order valence-electron chi connectivity index (χ2n) is 6.27. The minimum Gasteiger partial charge on any atom is -0.325 e. The van der Waals surface area contributed by atoms with Crippen LogP contribution in [0.2, 0.25) is 5.02 Å². The number of nitrogens with zero attached hydrogens (tertiary/aromatic N) is 2. The van der Waals surface area contributed by atoms with Crippen LogP contribution in [0.3, 0.4) is 0 Å². The van der Waals surface area contributed by atoms with Gasteiger partial charge in [-0.05, 0) is 56.3 Å². The number of amides is 2. The van der Waals surface area contributed by atoms with Crippen molar-refractivity contribution in [3.8, 4) is 5.69 Å². The highest BCUT2D eigenvalue weighted by Crippen LogP contribution is 2.27. The monoisotopic (exact) mass is 460 g/mol. The second-order valence-corrected chi connectivity index (χ2v) is 7.56. The predicted octanol–water partition coefficient (Wildman–Crippen LogP) is 5.12. The Morgan fingerprint density at radius 1 is 1.04 bits per heavy atom. The van der Waals surface area contributed by atoms with Crippen molar-refractivity contribution >= 4 is 50.7 Å². The van der Waals surface area contributed by atoms with Gasteiger partial charge in [-0.3, -0.25) is 9.59 Å². The SMILES string of the molecule is CC(=O)Nc1ccc(Br)cc1NC(=O)c1ccc(-n2nc(C)c(Cl)c2C)cc1. The van der Waals surface area contributed by atoms with Crippen molar-refractivity contribution in [3.05, 3.63) is 68.9 Å². The first-order chi connectivity index (χ1) is 13.3. The van der Waals surface area contributed by atoms with Crippen molar-refractivity contribution < 1.29 is 9.59 Å². The molecule has 3 aromatic rings. The van der Waals surface area contributed by atoms with Gasteiger partial charge in [-0.1, -0.05) is 27.5 Å². The van der Waals surface area contributed by atoms with E-state index >= 15 is 0 Å². The molecular weight excluding hydrogens is 444 g/mol. The van der Waals surface area contributed by atoms with E-state index in [4.69, 9.17) is 11.6 Å². The zero-order valence-corrected chi connectivity index (χ0v) is 17.9. The first-order valence-electron chi connectivity index (χ1n) is 8.47. The molecule has 0 radical (unpaired) electrons. The molecule has 8 heteroatoms. The molecule has 0 aliphatic carbocycles. The van der Waals surface area contributed by atoms with Gasteiger partial charge in [0.25, 0.3) is 5.91 Å². The summed E-state index contributed by atoms with van der Waals surface area (Å²) in [6.07, 6.45) is 0. The number of hydrogen-bond donors (Lipinski definition) is 2. The average Bonchev–Trinajstić information content (AvgIpc) is 2.91. The van der Waals surface area contributed by atoms with E-state index in [1.165, 1.54) is 6.92 Å². The molecule has 1 aromatic heterocycles. The summed E-state index contributed by atoms with van der Waals surface area (Å²) in [6, 6.07) is 12.3. The number of anilines is 2. The lowest BCUT2D eigenvalue weighted by Crippen LogP contribution is -2.15. The molecule has 1 heterocycles. The topological polar surface area (TPSA) is 76.0 Å². The highest BCUT2D eigenvalue weighted by atomic mass is 79.9. The summed E-state index contributed by atoms with van der Waals surface area (Å²) in [5, 5.41) is 10.6. The van der Waals surface area contributed by atoms with Gasteiger partial charge >= 0.3 is 0 Å². The molecule has 2 amide bonds. The molecule has 0 aliphatic rings. The van der Waals surface area contributed by atoms with Gasteiger partial charge in [-0.15, -0.1) is 0 Å². The lowest BCUT2D eigenvalue weighted by atomic mass is 10.1. The molecule has 0 unspecified atom stereocenters. The normalized spacial score (nSPS) is 10.6. The van der Waals surface area contributed by atoms with Crippen LogP contribution in [0.5, 0.6) is 0 Å². The van der Waals surface area contributed by atoms with Gasteiger partial charge in [0.05, 0.1) is 33.5 Å². The van der Waals surface area contributed by atoms with Gasteiger partial charge in [-0.25, -0.2) is 4.68 Å². The van der Waals surface area contributed by atoms with Crippen LogP contribution in [-0.2, 0) is 4.79 Å². The Bertz CT molecular complexity index is 1060. The summed E-state index contributed by atoms with van der Waals surface area (Å²) in [5.74, 6) is -0.506. The summed E-state index contributed by atoms with van der Waals surface area (Å²) in [7, 11) is 0. The van der Waals surface area contributed by atoms with Crippen LogP contribution in [-0.4, -0.2) is 21.6 Å². The molecule has 28 heavy (non-hydrogen) atoms. The van der Waals surface area contributed by atoms with E-state index in [0.717, 1.165) is 21.5 Å². The molecule has 0 atom stereocenters. The van der Waals surface area contributed by atoms with Crippen LogP contribution in [0.25, 0.3) is 5.69 Å². The van der Waals surface area contributed by atoms with Gasteiger partial charge < -0.3 is 10.6 Å². The fourth-order valence-electron chi connectivity index (χ4n) is 2.74. The molecule has 144 valence electrons. The van der Waals surface area contributed by atoms with Crippen LogP contribution in [0.4, 0.5) is 11.4 Å². The van der Waals surface area contributed by atoms with Gasteiger partial charge in [0.15, 0.2) is 0 Å². The largest absolute Gasteiger partial charge is 0.325 e. The minimum atomic E-state index is -0.289. The summed E-state index contributed by atoms with van der Waals surface area (Å²) in [6.45, 7) is 5.15. The molecule has 0 fully saturated rings. The molecule has 0 saturated heterocycles. The fourth-order valence-corrected chi connectivity index (χ4v) is 3.22. The first kappa shape index (κ1) is 20.1. The number of aromatic nitrogens is 2. The van der Waals surface area contributed by atoms with Crippen molar-refractivity contribution in [2.24, 2.45) is 0 Å². The van der Waals surface area contributed by atoms with Crippen LogP contribution in [0.1, 0.15) is 28.7 Å². The van der Waals surface area contributed by atoms with Crippen molar-refractivity contribution in [2.75, 3.05) is 10.6 Å². The maximum atomic E-state index is 12.7. The number of carbonyl (C=O) groups excluding carboxylic acids is 2. The van der Waals surface area contributed by atoms with Crippen molar-refractivity contribution in [1.82, 2.24) is 9.78 Å². The Morgan fingerprint density at radius 3 is 2.29 bits per heavy atom. The summed E-state index contributed by atoms with van der Waals surface area (Å²) in [4.78, 5) is 24.0. The van der Waals surface area contributed by atoms with E-state index in [1.807, 2.05) is 13.8 Å². The maximum absolute atomic E-state index is 12.7. The Hall–Kier alpha value is -2.64. The summed E-state index contributed by atoms with van der Waals surface area (Å²) < 4.78 is 2.52. The quantitative estimate of drug-likeness (QED) is 0.566. The Kier molecular flexibility index (Phi) is 5.86.